The van der Waals surface area contributed by atoms with Gasteiger partial charge in [-0.25, -0.2) is 8.42 Å². The molecule has 0 saturated heterocycles. The third-order valence-corrected chi connectivity index (χ3v) is 2.99. The number of rotatable bonds is 1. The molecule has 8 heteroatoms. The highest BCUT2D eigenvalue weighted by Gasteiger charge is 2.15. The largest absolute Gasteiger partial charge is 0.359 e. The lowest BCUT2D eigenvalue weighted by Gasteiger charge is -1.92. The summed E-state index contributed by atoms with van der Waals surface area (Å²) in [4.78, 5) is 0.0560. The number of hydrogen-bond donors (Lipinski definition) is 0. The molecule has 0 N–H and O–H groups in total. The van der Waals surface area contributed by atoms with Gasteiger partial charge in [0.15, 0.2) is 0 Å². The van der Waals surface area contributed by atoms with Crippen molar-refractivity contribution < 1.29 is 17.9 Å². The van der Waals surface area contributed by atoms with Crippen molar-refractivity contribution in [2.75, 3.05) is 0 Å². The van der Waals surface area contributed by atoms with Crippen LogP contribution < -0.4 is 4.90 Å². The van der Waals surface area contributed by atoms with Crippen molar-refractivity contribution in [3.63, 3.8) is 0 Å². The van der Waals surface area contributed by atoms with Crippen LogP contribution in [0.15, 0.2) is 27.7 Å². The van der Waals surface area contributed by atoms with Crippen LogP contribution in [0.4, 0.5) is 0 Å². The number of fused-ring (bicyclic) bond motifs is 1. The van der Waals surface area contributed by atoms with Gasteiger partial charge in [-0.05, 0) is 17.0 Å². The van der Waals surface area contributed by atoms with Crippen LogP contribution in [0.3, 0.4) is 0 Å². The maximum absolute atomic E-state index is 10.9. The molecule has 0 saturated carbocycles. The Bertz CT molecular complexity index is 591. The van der Waals surface area contributed by atoms with Crippen molar-refractivity contribution in [1.29, 1.82) is 0 Å². The Labute approximate surface area is 82.6 Å². The van der Waals surface area contributed by atoms with Gasteiger partial charge in [-0.3, -0.25) is 4.63 Å². The zero-order valence-electron chi connectivity index (χ0n) is 6.55. The maximum Gasteiger partial charge on any atom is 0.261 e. The molecule has 0 aliphatic heterocycles. The quantitative estimate of drug-likeness (QED) is 0.526. The van der Waals surface area contributed by atoms with Gasteiger partial charge in [0.25, 0.3) is 9.05 Å². The Morgan fingerprint density at radius 1 is 1.50 bits per heavy atom. The molecule has 0 unspecified atom stereocenters. The van der Waals surface area contributed by atoms with Crippen LogP contribution >= 0.6 is 10.7 Å². The van der Waals surface area contributed by atoms with Crippen LogP contribution in [0.25, 0.3) is 11.0 Å². The lowest BCUT2D eigenvalue weighted by molar-refractivity contribution is -0.782. The van der Waals surface area contributed by atoms with E-state index in [1.807, 2.05) is 0 Å². The molecular weight excluding hydrogens is 232 g/mol. The SMILES string of the molecule is O=S(=O)(Cl)c1ccc2c(c1)no[n+]2[O-]. The van der Waals surface area contributed by atoms with Crippen molar-refractivity contribution in [3.8, 4) is 0 Å². The summed E-state index contributed by atoms with van der Waals surface area (Å²) in [6.07, 6.45) is 0. The minimum absolute atomic E-state index is 0.124. The predicted molar refractivity (Wildman–Crippen MR) is 46.0 cm³/mol. The molecule has 0 radical (unpaired) electrons. The lowest BCUT2D eigenvalue weighted by atomic mass is 10.3. The summed E-state index contributed by atoms with van der Waals surface area (Å²) >= 11 is 0. The van der Waals surface area contributed by atoms with E-state index in [4.69, 9.17) is 10.7 Å². The second-order valence-corrected chi connectivity index (χ2v) is 5.08. The van der Waals surface area contributed by atoms with Crippen molar-refractivity contribution in [2.45, 2.75) is 4.90 Å². The fourth-order valence-electron chi connectivity index (χ4n) is 1.01. The van der Waals surface area contributed by atoms with Gasteiger partial charge in [-0.15, -0.1) is 0 Å². The third-order valence-electron chi connectivity index (χ3n) is 1.64. The predicted octanol–water partition coefficient (Wildman–Crippen LogP) is 0.389. The molecule has 0 bridgehead atoms. The summed E-state index contributed by atoms with van der Waals surface area (Å²) < 4.78 is 26.1. The summed E-state index contributed by atoms with van der Waals surface area (Å²) in [5.74, 6) is 0. The molecule has 0 aliphatic rings. The Kier molecular flexibility index (Phi) is 1.86. The second-order valence-electron chi connectivity index (χ2n) is 2.52. The molecule has 1 aromatic carbocycles. The molecule has 0 atom stereocenters. The van der Waals surface area contributed by atoms with E-state index in [1.54, 1.807) is 0 Å². The molecular formula is C6H3ClN2O4S. The molecule has 6 nitrogen and oxygen atoms in total. The number of aromatic nitrogens is 2. The van der Waals surface area contributed by atoms with E-state index < -0.39 is 9.05 Å². The summed E-state index contributed by atoms with van der Waals surface area (Å²) in [6, 6.07) is 3.64. The standard InChI is InChI=1S/C6H3ClN2O4S/c7-14(11,12)4-1-2-6-5(3-4)8-13-9(6)10/h1-3H. The number of benzene rings is 1. The molecule has 2 aromatic rings. The van der Waals surface area contributed by atoms with Gasteiger partial charge in [-0.2, -0.15) is 0 Å². The average molecular weight is 235 g/mol. The summed E-state index contributed by atoms with van der Waals surface area (Å²) in [5, 5.41) is 14.2. The van der Waals surface area contributed by atoms with Gasteiger partial charge < -0.3 is 5.21 Å². The summed E-state index contributed by atoms with van der Waals surface area (Å²) in [5.41, 5.74) is 0.288. The fraction of sp³-hybridized carbons (Fsp3) is 0. The van der Waals surface area contributed by atoms with Gasteiger partial charge in [0.2, 0.25) is 11.0 Å². The smallest absolute Gasteiger partial charge is 0.261 e. The Morgan fingerprint density at radius 3 is 2.86 bits per heavy atom. The molecule has 14 heavy (non-hydrogen) atoms. The molecule has 0 spiro atoms. The highest BCUT2D eigenvalue weighted by molar-refractivity contribution is 8.13. The minimum atomic E-state index is -3.81. The van der Waals surface area contributed by atoms with Gasteiger partial charge in [0.1, 0.15) is 0 Å². The molecule has 74 valence electrons. The Balaban J connectivity index is 2.76. The van der Waals surface area contributed by atoms with Gasteiger partial charge in [0, 0.05) is 21.9 Å². The molecule has 0 amide bonds. The number of halogens is 1. The summed E-state index contributed by atoms with van der Waals surface area (Å²) in [7, 11) is 1.29. The monoisotopic (exact) mass is 234 g/mol. The van der Waals surface area contributed by atoms with Crippen molar-refractivity contribution in [1.82, 2.24) is 5.16 Å². The van der Waals surface area contributed by atoms with Crippen LogP contribution in [-0.4, -0.2) is 13.6 Å². The Morgan fingerprint density at radius 2 is 2.21 bits per heavy atom. The van der Waals surface area contributed by atoms with Crippen molar-refractivity contribution >= 4 is 30.8 Å². The van der Waals surface area contributed by atoms with E-state index in [2.05, 4.69) is 9.79 Å². The van der Waals surface area contributed by atoms with E-state index in [0.29, 0.717) is 0 Å². The van der Waals surface area contributed by atoms with Crippen LogP contribution in [-0.2, 0) is 9.05 Å². The van der Waals surface area contributed by atoms with Crippen molar-refractivity contribution in [2.24, 2.45) is 0 Å². The topological polar surface area (TPSA) is 87.1 Å². The second kappa shape index (κ2) is 2.82. The highest BCUT2D eigenvalue weighted by Crippen LogP contribution is 2.18. The first-order valence-electron chi connectivity index (χ1n) is 3.42. The molecule has 1 heterocycles. The van der Waals surface area contributed by atoms with Crippen LogP contribution in [0.5, 0.6) is 0 Å². The zero-order valence-corrected chi connectivity index (χ0v) is 8.12. The first kappa shape index (κ1) is 9.22. The maximum atomic E-state index is 10.9. The van der Waals surface area contributed by atoms with E-state index in [9.17, 15) is 13.6 Å². The first-order valence-corrected chi connectivity index (χ1v) is 5.73. The lowest BCUT2D eigenvalue weighted by Crippen LogP contribution is -2.22. The van der Waals surface area contributed by atoms with E-state index in [0.717, 1.165) is 6.07 Å². The van der Waals surface area contributed by atoms with Gasteiger partial charge >= 0.3 is 0 Å². The number of nitrogens with zero attached hydrogens (tertiary/aromatic N) is 2. The summed E-state index contributed by atoms with van der Waals surface area (Å²) in [6.45, 7) is 0. The number of hydrogen-bond acceptors (Lipinski definition) is 5. The highest BCUT2D eigenvalue weighted by atomic mass is 35.7. The third kappa shape index (κ3) is 1.40. The van der Waals surface area contributed by atoms with E-state index >= 15 is 0 Å². The molecule has 2 rings (SSSR count). The van der Waals surface area contributed by atoms with Gasteiger partial charge in [0.05, 0.1) is 4.90 Å². The van der Waals surface area contributed by atoms with Crippen LogP contribution in [0.2, 0.25) is 0 Å². The fourth-order valence-corrected chi connectivity index (χ4v) is 1.78. The van der Waals surface area contributed by atoms with E-state index in [1.165, 1.54) is 12.1 Å². The van der Waals surface area contributed by atoms with Crippen LogP contribution in [0, 0.1) is 5.21 Å². The van der Waals surface area contributed by atoms with E-state index in [-0.39, 0.29) is 20.8 Å². The first-order chi connectivity index (χ1) is 6.48. The molecule has 1 aromatic heterocycles. The van der Waals surface area contributed by atoms with Crippen molar-refractivity contribution in [3.05, 3.63) is 23.4 Å². The Hall–Kier alpha value is -1.34. The molecule has 0 fully saturated rings. The average Bonchev–Trinajstić information content (AvgIpc) is 2.46. The zero-order chi connectivity index (χ0) is 10.3. The minimum Gasteiger partial charge on any atom is -0.359 e. The van der Waals surface area contributed by atoms with Crippen LogP contribution in [0.1, 0.15) is 0 Å². The molecule has 0 aliphatic carbocycles. The van der Waals surface area contributed by atoms with Gasteiger partial charge in [-0.1, -0.05) is 0 Å². The normalized spacial score (nSPS) is 12.1.